The molecule has 0 heterocycles. The van der Waals surface area contributed by atoms with E-state index in [1.807, 2.05) is 6.07 Å². The zero-order valence-corrected chi connectivity index (χ0v) is 10.2. The summed E-state index contributed by atoms with van der Waals surface area (Å²) in [5.74, 6) is 3.83. The molecule has 0 saturated heterocycles. The third kappa shape index (κ3) is 4.91. The number of nitrogens with zero attached hydrogens (tertiary/aromatic N) is 1. The zero-order chi connectivity index (χ0) is 12.5. The molecule has 1 N–H and O–H groups in total. The third-order valence-electron chi connectivity index (χ3n) is 2.11. The number of hydrogen-bond acceptors (Lipinski definition) is 3. The molecule has 4 heteroatoms. The fourth-order valence-electron chi connectivity index (χ4n) is 1.32. The second-order valence-electron chi connectivity index (χ2n) is 3.35. The lowest BCUT2D eigenvalue weighted by Crippen LogP contribution is -2.17. The van der Waals surface area contributed by atoms with E-state index >= 15 is 0 Å². The summed E-state index contributed by atoms with van der Waals surface area (Å²) in [6.45, 7) is 1.28. The number of thioether (sulfide) groups is 1. The monoisotopic (exact) mass is 248 g/mol. The summed E-state index contributed by atoms with van der Waals surface area (Å²) in [6.07, 6.45) is 5.12. The summed E-state index contributed by atoms with van der Waals surface area (Å²) in [5, 5.41) is 12.0. The first-order valence-electron chi connectivity index (χ1n) is 5.18. The second kappa shape index (κ2) is 7.73. The maximum Gasteiger partial charge on any atom is 0.123 e. The smallest absolute Gasteiger partial charge is 0.123 e. The molecule has 2 nitrogen and oxygen atoms in total. The van der Waals surface area contributed by atoms with Crippen LogP contribution < -0.4 is 5.32 Å². The standard InChI is InChI=1S/C13H13FN2S/c1-2-6-17-7-5-16-10-12-8-13(14)4-3-11(12)9-15/h1,3-4,8,16H,5-7,10H2. The number of hydrogen-bond donors (Lipinski definition) is 1. The van der Waals surface area contributed by atoms with Gasteiger partial charge in [0.25, 0.3) is 0 Å². The molecule has 0 aliphatic heterocycles. The zero-order valence-electron chi connectivity index (χ0n) is 9.37. The molecule has 0 radical (unpaired) electrons. The van der Waals surface area contributed by atoms with Gasteiger partial charge in [0.2, 0.25) is 0 Å². The third-order valence-corrected chi connectivity index (χ3v) is 2.98. The van der Waals surface area contributed by atoms with Gasteiger partial charge in [0.05, 0.1) is 17.4 Å². The fourth-order valence-corrected chi connectivity index (χ4v) is 1.87. The van der Waals surface area contributed by atoms with Gasteiger partial charge in [-0.1, -0.05) is 5.92 Å². The van der Waals surface area contributed by atoms with Gasteiger partial charge in [-0.3, -0.25) is 0 Å². The first-order valence-corrected chi connectivity index (χ1v) is 6.34. The van der Waals surface area contributed by atoms with Gasteiger partial charge in [-0.25, -0.2) is 4.39 Å². The summed E-state index contributed by atoms with van der Waals surface area (Å²) < 4.78 is 13.0. The van der Waals surface area contributed by atoms with Gasteiger partial charge in [-0.2, -0.15) is 5.26 Å². The number of benzene rings is 1. The minimum atomic E-state index is -0.317. The van der Waals surface area contributed by atoms with Gasteiger partial charge in [0.15, 0.2) is 0 Å². The molecular formula is C13H13FN2S. The molecule has 0 saturated carbocycles. The Morgan fingerprint density at radius 2 is 2.29 bits per heavy atom. The number of rotatable bonds is 6. The van der Waals surface area contributed by atoms with Crippen LogP contribution in [0.1, 0.15) is 11.1 Å². The lowest BCUT2D eigenvalue weighted by atomic mass is 10.1. The van der Waals surface area contributed by atoms with Crippen molar-refractivity contribution in [1.82, 2.24) is 5.32 Å². The fraction of sp³-hybridized carbons (Fsp3) is 0.308. The van der Waals surface area contributed by atoms with E-state index in [0.717, 1.165) is 12.3 Å². The molecule has 0 amide bonds. The quantitative estimate of drug-likeness (QED) is 0.619. The molecule has 0 aliphatic carbocycles. The molecule has 0 bridgehead atoms. The maximum atomic E-state index is 13.0. The van der Waals surface area contributed by atoms with Crippen molar-refractivity contribution >= 4 is 11.8 Å². The second-order valence-corrected chi connectivity index (χ2v) is 4.45. The predicted octanol–water partition coefficient (Wildman–Crippen LogP) is 2.15. The van der Waals surface area contributed by atoms with Crippen LogP contribution in [0.2, 0.25) is 0 Å². The van der Waals surface area contributed by atoms with Gasteiger partial charge in [-0.05, 0) is 23.8 Å². The van der Waals surface area contributed by atoms with Crippen molar-refractivity contribution in [3.63, 3.8) is 0 Å². The highest BCUT2D eigenvalue weighted by molar-refractivity contribution is 7.99. The van der Waals surface area contributed by atoms with Crippen molar-refractivity contribution in [3.8, 4) is 18.4 Å². The van der Waals surface area contributed by atoms with Crippen LogP contribution in [0.25, 0.3) is 0 Å². The van der Waals surface area contributed by atoms with E-state index in [-0.39, 0.29) is 5.82 Å². The van der Waals surface area contributed by atoms with Crippen LogP contribution in [0.5, 0.6) is 0 Å². The SMILES string of the molecule is C#CCSCCNCc1cc(F)ccc1C#N. The molecule has 0 aromatic heterocycles. The van der Waals surface area contributed by atoms with Crippen molar-refractivity contribution in [2.24, 2.45) is 0 Å². The van der Waals surface area contributed by atoms with Crippen LogP contribution in [0, 0.1) is 29.5 Å². The molecule has 1 aromatic rings. The average Bonchev–Trinajstić information content (AvgIpc) is 2.34. The number of halogens is 1. The van der Waals surface area contributed by atoms with Crippen molar-refractivity contribution in [1.29, 1.82) is 5.26 Å². The Hall–Kier alpha value is -1.49. The Bertz CT molecular complexity index is 446. The van der Waals surface area contributed by atoms with Crippen molar-refractivity contribution in [2.75, 3.05) is 18.1 Å². The van der Waals surface area contributed by atoms with Crippen LogP contribution in [-0.2, 0) is 6.54 Å². The first-order chi connectivity index (χ1) is 8.27. The molecule has 0 spiro atoms. The molecule has 0 atom stereocenters. The van der Waals surface area contributed by atoms with Crippen LogP contribution in [0.15, 0.2) is 18.2 Å². The first kappa shape index (κ1) is 13.6. The normalized spacial score (nSPS) is 9.59. The molecule has 88 valence electrons. The van der Waals surface area contributed by atoms with Crippen LogP contribution in [0.4, 0.5) is 4.39 Å². The van der Waals surface area contributed by atoms with Crippen molar-refractivity contribution in [3.05, 3.63) is 35.1 Å². The predicted molar refractivity (Wildman–Crippen MR) is 69.0 cm³/mol. The number of terminal acetylenes is 1. The minimum Gasteiger partial charge on any atom is -0.312 e. The highest BCUT2D eigenvalue weighted by Gasteiger charge is 2.02. The van der Waals surface area contributed by atoms with E-state index in [9.17, 15) is 4.39 Å². The molecule has 0 aliphatic rings. The van der Waals surface area contributed by atoms with E-state index in [2.05, 4.69) is 11.2 Å². The van der Waals surface area contributed by atoms with Crippen molar-refractivity contribution < 1.29 is 4.39 Å². The summed E-state index contributed by atoms with van der Waals surface area (Å²) in [6, 6.07) is 6.23. The Labute approximate surface area is 105 Å². The molecule has 17 heavy (non-hydrogen) atoms. The maximum absolute atomic E-state index is 13.0. The van der Waals surface area contributed by atoms with Crippen molar-refractivity contribution in [2.45, 2.75) is 6.54 Å². The Balaban J connectivity index is 2.39. The van der Waals surface area contributed by atoms with Gasteiger partial charge in [-0.15, -0.1) is 18.2 Å². The number of nitriles is 1. The Morgan fingerprint density at radius 3 is 3.00 bits per heavy atom. The van der Waals surface area contributed by atoms with Gasteiger partial charge < -0.3 is 5.32 Å². The van der Waals surface area contributed by atoms with E-state index in [1.165, 1.54) is 18.2 Å². The molecular weight excluding hydrogens is 235 g/mol. The molecule has 0 unspecified atom stereocenters. The molecule has 1 rings (SSSR count). The van der Waals surface area contributed by atoms with Gasteiger partial charge in [0, 0.05) is 18.8 Å². The van der Waals surface area contributed by atoms with Crippen LogP contribution >= 0.6 is 11.8 Å². The van der Waals surface area contributed by atoms with Crippen LogP contribution in [0.3, 0.4) is 0 Å². The van der Waals surface area contributed by atoms with E-state index in [0.29, 0.717) is 23.4 Å². The van der Waals surface area contributed by atoms with Gasteiger partial charge in [0.1, 0.15) is 5.82 Å². The summed E-state index contributed by atoms with van der Waals surface area (Å²) >= 11 is 1.66. The molecule has 1 aromatic carbocycles. The Kier molecular flexibility index (Phi) is 6.17. The average molecular weight is 248 g/mol. The van der Waals surface area contributed by atoms with E-state index < -0.39 is 0 Å². The lowest BCUT2D eigenvalue weighted by Gasteiger charge is -2.06. The summed E-state index contributed by atoms with van der Waals surface area (Å²) in [4.78, 5) is 0. The van der Waals surface area contributed by atoms with E-state index in [1.54, 1.807) is 11.8 Å². The molecule has 0 fully saturated rings. The van der Waals surface area contributed by atoms with Gasteiger partial charge >= 0.3 is 0 Å². The minimum absolute atomic E-state index is 0.317. The largest absolute Gasteiger partial charge is 0.312 e. The van der Waals surface area contributed by atoms with E-state index in [4.69, 9.17) is 11.7 Å². The Morgan fingerprint density at radius 1 is 1.47 bits per heavy atom. The summed E-state index contributed by atoms with van der Waals surface area (Å²) in [7, 11) is 0. The highest BCUT2D eigenvalue weighted by atomic mass is 32.2. The summed E-state index contributed by atoms with van der Waals surface area (Å²) in [5.41, 5.74) is 1.20. The number of nitrogens with one attached hydrogen (secondary N) is 1. The van der Waals surface area contributed by atoms with Crippen LogP contribution in [-0.4, -0.2) is 18.1 Å². The lowest BCUT2D eigenvalue weighted by molar-refractivity contribution is 0.621. The topological polar surface area (TPSA) is 35.8 Å². The highest BCUT2D eigenvalue weighted by Crippen LogP contribution is 2.10.